The number of carboxylic acids is 1. The number of rotatable bonds is 9. The Labute approximate surface area is 196 Å². The van der Waals surface area contributed by atoms with E-state index in [9.17, 15) is 14.7 Å². The number of fused-ring (bicyclic) bond motifs is 1. The summed E-state index contributed by atoms with van der Waals surface area (Å²) in [4.78, 5) is 28.5. The average molecular weight is 472 g/mol. The number of carboxylic acid groups (broad SMARTS) is 1. The zero-order valence-electron chi connectivity index (χ0n) is 18.9. The lowest BCUT2D eigenvalue weighted by molar-refractivity contribution is -0.139. The Morgan fingerprint density at radius 2 is 2.00 bits per heavy atom. The third-order valence-corrected chi connectivity index (χ3v) is 6.98. The molecule has 4 rings (SSSR count). The summed E-state index contributed by atoms with van der Waals surface area (Å²) in [6, 6.07) is 8.36. The molecule has 8 nitrogen and oxygen atoms in total. The maximum atomic E-state index is 13.4. The minimum atomic E-state index is -1.05. The van der Waals surface area contributed by atoms with E-state index in [1.54, 1.807) is 7.11 Å². The second kappa shape index (κ2) is 10.4. The predicted molar refractivity (Wildman–Crippen MR) is 127 cm³/mol. The third kappa shape index (κ3) is 5.05. The minimum Gasteiger partial charge on any atom is -0.495 e. The number of ether oxygens (including phenoxy) is 2. The molecule has 3 heterocycles. The molecule has 1 fully saturated rings. The van der Waals surface area contributed by atoms with Gasteiger partial charge in [-0.15, -0.1) is 11.3 Å². The van der Waals surface area contributed by atoms with Crippen molar-refractivity contribution in [1.82, 2.24) is 14.8 Å². The van der Waals surface area contributed by atoms with E-state index >= 15 is 0 Å². The summed E-state index contributed by atoms with van der Waals surface area (Å²) in [6.45, 7) is 6.63. The predicted octanol–water partition coefficient (Wildman–Crippen LogP) is 2.78. The van der Waals surface area contributed by atoms with Crippen molar-refractivity contribution in [3.05, 3.63) is 51.8 Å². The molecular weight excluding hydrogens is 442 g/mol. The van der Waals surface area contributed by atoms with Crippen LogP contribution in [0.25, 0.3) is 10.9 Å². The zero-order valence-corrected chi connectivity index (χ0v) is 19.7. The SMILES string of the molecule is COc1cccc2c(C(=O)N[C@@H](Cc3cccs3)C(=O)O)c(C)n(CCN3CCOCC3)c12. The molecule has 3 aromatic rings. The number of hydrogen-bond donors (Lipinski definition) is 2. The maximum Gasteiger partial charge on any atom is 0.326 e. The molecule has 0 bridgehead atoms. The molecule has 0 saturated carbocycles. The van der Waals surface area contributed by atoms with Crippen LogP contribution < -0.4 is 10.1 Å². The molecule has 2 N–H and O–H groups in total. The molecule has 1 amide bonds. The number of aliphatic carboxylic acids is 1. The van der Waals surface area contributed by atoms with Crippen molar-refractivity contribution in [1.29, 1.82) is 0 Å². The van der Waals surface area contributed by atoms with Crippen molar-refractivity contribution < 1.29 is 24.2 Å². The molecule has 1 aliphatic rings. The number of carbonyl (C=O) groups excluding carboxylic acids is 1. The Morgan fingerprint density at radius 1 is 1.21 bits per heavy atom. The van der Waals surface area contributed by atoms with Crippen LogP contribution in [0.1, 0.15) is 20.9 Å². The second-order valence-electron chi connectivity index (χ2n) is 8.07. The van der Waals surface area contributed by atoms with Crippen molar-refractivity contribution in [3.8, 4) is 5.75 Å². The van der Waals surface area contributed by atoms with Gasteiger partial charge in [-0.3, -0.25) is 9.69 Å². The second-order valence-corrected chi connectivity index (χ2v) is 9.10. The number of nitrogens with one attached hydrogen (secondary N) is 1. The Hall–Kier alpha value is -2.88. The first kappa shape index (κ1) is 23.3. The number of hydrogen-bond acceptors (Lipinski definition) is 6. The number of benzene rings is 1. The number of thiophene rings is 1. The fraction of sp³-hybridized carbons (Fsp3) is 0.417. The van der Waals surface area contributed by atoms with Crippen LogP contribution in [-0.2, 0) is 22.5 Å². The molecule has 176 valence electrons. The summed E-state index contributed by atoms with van der Waals surface area (Å²) >= 11 is 1.48. The lowest BCUT2D eigenvalue weighted by Gasteiger charge is -2.27. The third-order valence-electron chi connectivity index (χ3n) is 6.08. The summed E-state index contributed by atoms with van der Waals surface area (Å²) in [5.41, 5.74) is 2.13. The van der Waals surface area contributed by atoms with Crippen LogP contribution in [0.15, 0.2) is 35.7 Å². The van der Waals surface area contributed by atoms with Crippen molar-refractivity contribution in [3.63, 3.8) is 0 Å². The van der Waals surface area contributed by atoms with Gasteiger partial charge in [-0.1, -0.05) is 18.2 Å². The Balaban J connectivity index is 1.65. The van der Waals surface area contributed by atoms with Gasteiger partial charge in [0.2, 0.25) is 0 Å². The van der Waals surface area contributed by atoms with Crippen LogP contribution in [0.5, 0.6) is 5.75 Å². The molecule has 0 aliphatic carbocycles. The van der Waals surface area contributed by atoms with Crippen molar-refractivity contribution >= 4 is 34.1 Å². The fourth-order valence-corrected chi connectivity index (χ4v) is 5.11. The van der Waals surface area contributed by atoms with E-state index in [1.807, 2.05) is 42.6 Å². The fourth-order valence-electron chi connectivity index (χ4n) is 4.36. The van der Waals surface area contributed by atoms with Crippen LogP contribution in [-0.4, -0.2) is 72.4 Å². The van der Waals surface area contributed by atoms with Crippen LogP contribution in [0.2, 0.25) is 0 Å². The molecular formula is C24H29N3O5S. The van der Waals surface area contributed by atoms with Crippen LogP contribution in [0.4, 0.5) is 0 Å². The van der Waals surface area contributed by atoms with E-state index in [1.165, 1.54) is 11.3 Å². The summed E-state index contributed by atoms with van der Waals surface area (Å²) < 4.78 is 13.2. The Kier molecular flexibility index (Phi) is 7.32. The van der Waals surface area contributed by atoms with Crippen LogP contribution >= 0.6 is 11.3 Å². The molecule has 2 aromatic heterocycles. The number of carbonyl (C=O) groups is 2. The molecule has 1 aliphatic heterocycles. The molecule has 1 saturated heterocycles. The first-order valence-electron chi connectivity index (χ1n) is 11.0. The molecule has 0 radical (unpaired) electrons. The van der Waals surface area contributed by atoms with E-state index in [4.69, 9.17) is 9.47 Å². The van der Waals surface area contributed by atoms with Gasteiger partial charge in [-0.25, -0.2) is 4.79 Å². The van der Waals surface area contributed by atoms with Gasteiger partial charge in [0, 0.05) is 48.6 Å². The van der Waals surface area contributed by atoms with Gasteiger partial charge in [0.15, 0.2) is 0 Å². The Bertz CT molecular complexity index is 1120. The number of amides is 1. The van der Waals surface area contributed by atoms with Gasteiger partial charge in [0.05, 0.1) is 31.4 Å². The highest BCUT2D eigenvalue weighted by atomic mass is 32.1. The Morgan fingerprint density at radius 3 is 2.67 bits per heavy atom. The van der Waals surface area contributed by atoms with Gasteiger partial charge < -0.3 is 24.5 Å². The molecule has 1 aromatic carbocycles. The number of aromatic nitrogens is 1. The highest BCUT2D eigenvalue weighted by Gasteiger charge is 2.27. The highest BCUT2D eigenvalue weighted by molar-refractivity contribution is 7.09. The lowest BCUT2D eigenvalue weighted by Crippen LogP contribution is -2.42. The van der Waals surface area contributed by atoms with E-state index < -0.39 is 12.0 Å². The van der Waals surface area contributed by atoms with Crippen molar-refractivity contribution in [2.45, 2.75) is 25.9 Å². The largest absolute Gasteiger partial charge is 0.495 e. The smallest absolute Gasteiger partial charge is 0.326 e. The number of methoxy groups -OCH3 is 1. The normalized spacial score (nSPS) is 15.5. The van der Waals surface area contributed by atoms with Gasteiger partial charge >= 0.3 is 5.97 Å². The minimum absolute atomic E-state index is 0.247. The summed E-state index contributed by atoms with van der Waals surface area (Å²) in [5.74, 6) is -0.757. The monoisotopic (exact) mass is 471 g/mol. The van der Waals surface area contributed by atoms with Crippen molar-refractivity contribution in [2.75, 3.05) is 40.0 Å². The number of para-hydroxylation sites is 1. The van der Waals surface area contributed by atoms with Gasteiger partial charge in [-0.2, -0.15) is 0 Å². The molecule has 0 unspecified atom stereocenters. The molecule has 1 atom stereocenters. The maximum absolute atomic E-state index is 13.4. The van der Waals surface area contributed by atoms with E-state index in [2.05, 4.69) is 14.8 Å². The average Bonchev–Trinajstić information content (AvgIpc) is 3.43. The lowest BCUT2D eigenvalue weighted by atomic mass is 10.1. The molecule has 33 heavy (non-hydrogen) atoms. The molecule has 0 spiro atoms. The molecule has 9 heteroatoms. The van der Waals surface area contributed by atoms with Crippen molar-refractivity contribution in [2.24, 2.45) is 0 Å². The van der Waals surface area contributed by atoms with Crippen LogP contribution in [0, 0.1) is 6.92 Å². The zero-order chi connectivity index (χ0) is 23.4. The quantitative estimate of drug-likeness (QED) is 0.499. The summed E-state index contributed by atoms with van der Waals surface area (Å²) in [5, 5.41) is 15.1. The number of nitrogens with zero attached hydrogens (tertiary/aromatic N) is 2. The summed E-state index contributed by atoms with van der Waals surface area (Å²) in [6.07, 6.45) is 0.247. The topological polar surface area (TPSA) is 93.0 Å². The first-order chi connectivity index (χ1) is 16.0. The van der Waals surface area contributed by atoms with Gasteiger partial charge in [-0.05, 0) is 24.4 Å². The standard InChI is InChI=1S/C24H29N3O5S/c1-16-21(23(28)25-19(24(29)30)15-17-5-4-14-33-17)18-6-3-7-20(31-2)22(18)27(16)9-8-26-10-12-32-13-11-26/h3-7,14,19H,8-13,15H2,1-2H3,(H,25,28)(H,29,30)/t19-/m0/s1. The van der Waals surface area contributed by atoms with Crippen LogP contribution in [0.3, 0.4) is 0 Å². The van der Waals surface area contributed by atoms with Gasteiger partial charge in [0.25, 0.3) is 5.91 Å². The first-order valence-corrected chi connectivity index (χ1v) is 11.9. The number of morpholine rings is 1. The summed E-state index contributed by atoms with van der Waals surface area (Å²) in [7, 11) is 1.62. The highest BCUT2D eigenvalue weighted by Crippen LogP contribution is 2.33. The van der Waals surface area contributed by atoms with Gasteiger partial charge in [0.1, 0.15) is 11.8 Å². The van der Waals surface area contributed by atoms with E-state index in [-0.39, 0.29) is 12.3 Å². The van der Waals surface area contributed by atoms with E-state index in [0.717, 1.165) is 54.3 Å². The van der Waals surface area contributed by atoms with E-state index in [0.29, 0.717) is 17.9 Å².